The Balaban J connectivity index is 3.07. The quantitative estimate of drug-likeness (QED) is 0.540. The van der Waals surface area contributed by atoms with E-state index in [2.05, 4.69) is 4.98 Å². The lowest BCUT2D eigenvalue weighted by Crippen LogP contribution is -2.25. The Kier molecular flexibility index (Phi) is 2.12. The maximum atomic E-state index is 11.5. The van der Waals surface area contributed by atoms with E-state index in [4.69, 9.17) is 0 Å². The summed E-state index contributed by atoms with van der Waals surface area (Å²) in [6.45, 7) is 1.14. The van der Waals surface area contributed by atoms with Gasteiger partial charge in [-0.15, -0.1) is 4.73 Å². The average molecular weight is 220 g/mol. The highest BCUT2D eigenvalue weighted by Gasteiger charge is 2.19. The molecular formula is C10H8N2O4. The molecule has 2 N–H and O–H groups in total. The summed E-state index contributed by atoms with van der Waals surface area (Å²) in [4.78, 5) is 26.5. The molecule has 0 fully saturated rings. The maximum absolute atomic E-state index is 11.5. The van der Waals surface area contributed by atoms with Crippen LogP contribution in [0.15, 0.2) is 23.1 Å². The number of nitrogens with zero attached hydrogens (tertiary/aromatic N) is 2. The van der Waals surface area contributed by atoms with Crippen molar-refractivity contribution in [2.75, 3.05) is 0 Å². The number of carbonyl (C=O) groups is 1. The fourth-order valence-electron chi connectivity index (χ4n) is 1.51. The van der Waals surface area contributed by atoms with Gasteiger partial charge in [0.15, 0.2) is 11.4 Å². The molecule has 0 aliphatic heterocycles. The Morgan fingerprint density at radius 1 is 1.50 bits per heavy atom. The molecule has 0 unspecified atom stereocenters. The summed E-state index contributed by atoms with van der Waals surface area (Å²) in [5, 5.41) is 19.4. The minimum absolute atomic E-state index is 0.0880. The molecule has 0 aliphatic carbocycles. The number of fused-ring (bicyclic) bond motifs is 1. The number of rotatable bonds is 1. The number of carbonyl (C=O) groups excluding carboxylic acids is 1. The SMILES string of the molecule is CC(=O)c1c(O)c2cccnc2n(O)c1=O. The first kappa shape index (κ1) is 10.2. The van der Waals surface area contributed by atoms with Crippen molar-refractivity contribution < 1.29 is 15.1 Å². The third kappa shape index (κ3) is 1.23. The van der Waals surface area contributed by atoms with Gasteiger partial charge >= 0.3 is 0 Å². The number of pyridine rings is 2. The Labute approximate surface area is 89.4 Å². The van der Waals surface area contributed by atoms with Crippen LogP contribution >= 0.6 is 0 Å². The molecule has 0 aromatic carbocycles. The smallest absolute Gasteiger partial charge is 0.299 e. The molecule has 0 amide bonds. The summed E-state index contributed by atoms with van der Waals surface area (Å²) in [6.07, 6.45) is 1.36. The molecule has 0 atom stereocenters. The Hall–Kier alpha value is -2.37. The van der Waals surface area contributed by atoms with Gasteiger partial charge in [-0.3, -0.25) is 9.59 Å². The number of Topliss-reactive ketones (excluding diaryl/α,β-unsaturated/α-hetero) is 1. The molecule has 2 aromatic rings. The van der Waals surface area contributed by atoms with Crippen molar-refractivity contribution in [3.05, 3.63) is 34.2 Å². The Bertz CT molecular complexity index is 645. The zero-order chi connectivity index (χ0) is 11.9. The van der Waals surface area contributed by atoms with Crippen molar-refractivity contribution >= 4 is 16.8 Å². The summed E-state index contributed by atoms with van der Waals surface area (Å²) in [6, 6.07) is 2.98. The molecule has 0 radical (unpaired) electrons. The molecule has 0 bridgehead atoms. The van der Waals surface area contributed by atoms with Gasteiger partial charge in [0, 0.05) is 6.20 Å². The largest absolute Gasteiger partial charge is 0.506 e. The van der Waals surface area contributed by atoms with Gasteiger partial charge in [-0.05, 0) is 19.1 Å². The van der Waals surface area contributed by atoms with Gasteiger partial charge < -0.3 is 10.3 Å². The predicted octanol–water partition coefficient (Wildman–Crippen LogP) is 0.542. The summed E-state index contributed by atoms with van der Waals surface area (Å²) >= 11 is 0. The highest BCUT2D eigenvalue weighted by molar-refractivity contribution is 6.01. The van der Waals surface area contributed by atoms with Crippen LogP contribution in [0.25, 0.3) is 11.0 Å². The van der Waals surface area contributed by atoms with Gasteiger partial charge in [-0.1, -0.05) is 0 Å². The van der Waals surface area contributed by atoms with Crippen LogP contribution in [0.4, 0.5) is 0 Å². The lowest BCUT2D eigenvalue weighted by Gasteiger charge is -2.06. The van der Waals surface area contributed by atoms with Gasteiger partial charge in [0.25, 0.3) is 5.56 Å². The van der Waals surface area contributed by atoms with E-state index in [0.717, 1.165) is 6.92 Å². The first-order valence-corrected chi connectivity index (χ1v) is 4.47. The third-order valence-electron chi connectivity index (χ3n) is 2.24. The van der Waals surface area contributed by atoms with Gasteiger partial charge in [-0.25, -0.2) is 4.98 Å². The third-order valence-corrected chi connectivity index (χ3v) is 2.24. The van der Waals surface area contributed by atoms with Gasteiger partial charge in [0.05, 0.1) is 5.39 Å². The summed E-state index contributed by atoms with van der Waals surface area (Å²) in [7, 11) is 0. The van der Waals surface area contributed by atoms with Crippen molar-refractivity contribution in [1.82, 2.24) is 9.71 Å². The molecule has 2 rings (SSSR count). The lowest BCUT2D eigenvalue weighted by molar-refractivity contribution is 0.100. The van der Waals surface area contributed by atoms with Crippen molar-refractivity contribution in [2.45, 2.75) is 6.92 Å². The second kappa shape index (κ2) is 3.34. The van der Waals surface area contributed by atoms with E-state index in [0.29, 0.717) is 0 Å². The van der Waals surface area contributed by atoms with Crippen molar-refractivity contribution in [1.29, 1.82) is 0 Å². The Morgan fingerprint density at radius 3 is 2.81 bits per heavy atom. The second-order valence-electron chi connectivity index (χ2n) is 3.27. The van der Waals surface area contributed by atoms with Crippen LogP contribution in [0.3, 0.4) is 0 Å². The van der Waals surface area contributed by atoms with Crippen molar-refractivity contribution in [3.63, 3.8) is 0 Å². The molecule has 0 aliphatic rings. The lowest BCUT2D eigenvalue weighted by atomic mass is 10.1. The van der Waals surface area contributed by atoms with Crippen LogP contribution in [0.5, 0.6) is 5.75 Å². The number of ketones is 1. The zero-order valence-corrected chi connectivity index (χ0v) is 8.34. The molecule has 6 nitrogen and oxygen atoms in total. The molecule has 2 aromatic heterocycles. The summed E-state index contributed by atoms with van der Waals surface area (Å²) in [5.41, 5.74) is -1.51. The van der Waals surface area contributed by atoms with Crippen LogP contribution in [-0.4, -0.2) is 25.8 Å². The zero-order valence-electron chi connectivity index (χ0n) is 8.34. The van der Waals surface area contributed by atoms with Crippen LogP contribution < -0.4 is 5.56 Å². The van der Waals surface area contributed by atoms with Gasteiger partial charge in [0.2, 0.25) is 0 Å². The van der Waals surface area contributed by atoms with Crippen LogP contribution in [-0.2, 0) is 0 Å². The van der Waals surface area contributed by atoms with Crippen LogP contribution in [0.1, 0.15) is 17.3 Å². The summed E-state index contributed by atoms with van der Waals surface area (Å²) in [5.74, 6) is -1.07. The minimum atomic E-state index is -0.976. The number of aromatic nitrogens is 2. The maximum Gasteiger partial charge on any atom is 0.299 e. The van der Waals surface area contributed by atoms with Gasteiger partial charge in [-0.2, -0.15) is 0 Å². The van der Waals surface area contributed by atoms with Crippen molar-refractivity contribution in [2.24, 2.45) is 0 Å². The van der Waals surface area contributed by atoms with Crippen LogP contribution in [0.2, 0.25) is 0 Å². The van der Waals surface area contributed by atoms with E-state index in [1.165, 1.54) is 18.3 Å². The van der Waals surface area contributed by atoms with E-state index in [-0.39, 0.29) is 15.8 Å². The number of hydrogen-bond acceptors (Lipinski definition) is 5. The van der Waals surface area contributed by atoms with E-state index in [1.807, 2.05) is 0 Å². The first-order chi connectivity index (χ1) is 7.54. The molecule has 0 spiro atoms. The molecule has 6 heteroatoms. The van der Waals surface area contributed by atoms with E-state index >= 15 is 0 Å². The average Bonchev–Trinajstić information content (AvgIpc) is 2.26. The normalized spacial score (nSPS) is 10.6. The van der Waals surface area contributed by atoms with E-state index in [9.17, 15) is 19.9 Å². The highest BCUT2D eigenvalue weighted by Crippen LogP contribution is 2.24. The predicted molar refractivity (Wildman–Crippen MR) is 54.9 cm³/mol. The second-order valence-corrected chi connectivity index (χ2v) is 3.27. The topological polar surface area (TPSA) is 92.4 Å². The fraction of sp³-hybridized carbons (Fsp3) is 0.100. The number of aromatic hydroxyl groups is 1. The van der Waals surface area contributed by atoms with E-state index in [1.54, 1.807) is 0 Å². The summed E-state index contributed by atoms with van der Waals surface area (Å²) < 4.78 is 0.256. The molecule has 2 heterocycles. The monoisotopic (exact) mass is 220 g/mol. The molecular weight excluding hydrogens is 212 g/mol. The first-order valence-electron chi connectivity index (χ1n) is 4.47. The molecule has 0 saturated heterocycles. The van der Waals surface area contributed by atoms with Gasteiger partial charge in [0.1, 0.15) is 11.3 Å². The van der Waals surface area contributed by atoms with Crippen molar-refractivity contribution in [3.8, 4) is 5.75 Å². The highest BCUT2D eigenvalue weighted by atomic mass is 16.5. The van der Waals surface area contributed by atoms with Crippen LogP contribution in [0, 0.1) is 0 Å². The standard InChI is InChI=1S/C10H8N2O4/c1-5(13)7-8(14)6-3-2-4-11-9(6)12(16)10(7)15/h2-4,14,16H,1H3. The Morgan fingerprint density at radius 2 is 2.19 bits per heavy atom. The molecule has 0 saturated carbocycles. The number of hydrogen-bond donors (Lipinski definition) is 2. The van der Waals surface area contributed by atoms with E-state index < -0.39 is 22.7 Å². The molecule has 16 heavy (non-hydrogen) atoms. The minimum Gasteiger partial charge on any atom is -0.506 e. The molecule has 82 valence electrons. The fourth-order valence-corrected chi connectivity index (χ4v) is 1.51.